The van der Waals surface area contributed by atoms with E-state index in [1.165, 1.54) is 23.1 Å². The van der Waals surface area contributed by atoms with Crippen LogP contribution in [0.15, 0.2) is 42.5 Å². The molecule has 0 bridgehead atoms. The number of benzene rings is 2. The molecule has 1 amide bonds. The van der Waals surface area contributed by atoms with Gasteiger partial charge in [0.1, 0.15) is 29.9 Å². The Morgan fingerprint density at radius 1 is 1.28 bits per heavy atom. The number of rotatable bonds is 7. The zero-order valence-corrected chi connectivity index (χ0v) is 16.8. The van der Waals surface area contributed by atoms with Gasteiger partial charge in [-0.1, -0.05) is 11.6 Å². The highest BCUT2D eigenvalue weighted by atomic mass is 35.5. The van der Waals surface area contributed by atoms with Crippen LogP contribution >= 0.6 is 11.6 Å². The maximum absolute atomic E-state index is 12.6. The molecule has 0 unspecified atom stereocenters. The van der Waals surface area contributed by atoms with Gasteiger partial charge in [-0.3, -0.25) is 14.9 Å². The van der Waals surface area contributed by atoms with E-state index in [0.29, 0.717) is 19.8 Å². The largest absolute Gasteiger partial charge is 0.497 e. The van der Waals surface area contributed by atoms with Crippen LogP contribution < -0.4 is 15.0 Å². The summed E-state index contributed by atoms with van der Waals surface area (Å²) in [4.78, 5) is 24.4. The van der Waals surface area contributed by atoms with E-state index < -0.39 is 4.92 Å². The van der Waals surface area contributed by atoms with Crippen LogP contribution in [0.2, 0.25) is 5.02 Å². The number of hydrogen-bond donors (Lipinski definition) is 2. The van der Waals surface area contributed by atoms with Crippen molar-refractivity contribution in [3.63, 3.8) is 0 Å². The van der Waals surface area contributed by atoms with Crippen LogP contribution in [0.3, 0.4) is 0 Å². The van der Waals surface area contributed by atoms with Crippen LogP contribution in [0.4, 0.5) is 5.69 Å². The summed E-state index contributed by atoms with van der Waals surface area (Å²) in [6.45, 7) is 3.38. The van der Waals surface area contributed by atoms with Crippen molar-refractivity contribution < 1.29 is 24.1 Å². The fourth-order valence-electron chi connectivity index (χ4n) is 3.41. The summed E-state index contributed by atoms with van der Waals surface area (Å²) in [5.74, 6) is 0.387. The monoisotopic (exact) mass is 420 g/mol. The Balaban J connectivity index is 1.76. The standard InChI is InChI=1S/C20H22ClN3O5/c1-28-16-5-2-14(3-6-16)19(23-8-10-29-11-9-23)13-22-20(25)15-4-7-17(21)18(12-15)24(26)27/h2-7,12,19H,8-11,13H2,1H3,(H,22,25)/p+1/t19-/m1/s1. The average Bonchev–Trinajstić information content (AvgIpc) is 2.75. The fraction of sp³-hybridized carbons (Fsp3) is 0.350. The Morgan fingerprint density at radius 3 is 2.59 bits per heavy atom. The van der Waals surface area contributed by atoms with Crippen molar-refractivity contribution in [3.8, 4) is 5.75 Å². The van der Waals surface area contributed by atoms with Crippen molar-refractivity contribution >= 4 is 23.2 Å². The minimum atomic E-state index is -0.600. The lowest BCUT2D eigenvalue weighted by Crippen LogP contribution is -3.15. The molecule has 0 saturated carbocycles. The predicted molar refractivity (Wildman–Crippen MR) is 108 cm³/mol. The molecule has 1 aliphatic rings. The van der Waals surface area contributed by atoms with E-state index in [1.54, 1.807) is 7.11 Å². The summed E-state index contributed by atoms with van der Waals surface area (Å²) in [7, 11) is 1.62. The van der Waals surface area contributed by atoms with Gasteiger partial charge in [0.25, 0.3) is 11.6 Å². The number of quaternary nitrogens is 1. The molecular weight excluding hydrogens is 398 g/mol. The highest BCUT2D eigenvalue weighted by molar-refractivity contribution is 6.32. The minimum Gasteiger partial charge on any atom is -0.497 e. The first-order valence-electron chi connectivity index (χ1n) is 9.28. The summed E-state index contributed by atoms with van der Waals surface area (Å²) in [5, 5.41) is 14.0. The van der Waals surface area contributed by atoms with Crippen LogP contribution in [0, 0.1) is 10.1 Å². The van der Waals surface area contributed by atoms with Crippen LogP contribution in [0.25, 0.3) is 0 Å². The second-order valence-corrected chi connectivity index (χ2v) is 7.14. The number of methoxy groups -OCH3 is 1. The molecule has 0 spiro atoms. The Kier molecular flexibility index (Phi) is 7.03. The number of nitrogens with zero attached hydrogens (tertiary/aromatic N) is 1. The van der Waals surface area contributed by atoms with E-state index in [1.807, 2.05) is 24.3 Å². The van der Waals surface area contributed by atoms with Crippen molar-refractivity contribution in [3.05, 3.63) is 68.7 Å². The molecule has 9 heteroatoms. The third-order valence-electron chi connectivity index (χ3n) is 5.02. The molecule has 2 aromatic rings. The number of hydrogen-bond acceptors (Lipinski definition) is 5. The van der Waals surface area contributed by atoms with Crippen molar-refractivity contribution in [1.82, 2.24) is 5.32 Å². The predicted octanol–water partition coefficient (Wildman–Crippen LogP) is 1.64. The van der Waals surface area contributed by atoms with Gasteiger partial charge in [-0.25, -0.2) is 0 Å². The fourth-order valence-corrected chi connectivity index (χ4v) is 3.59. The zero-order valence-electron chi connectivity index (χ0n) is 16.0. The highest BCUT2D eigenvalue weighted by Crippen LogP contribution is 2.25. The second kappa shape index (κ2) is 9.69. The zero-order chi connectivity index (χ0) is 20.8. The summed E-state index contributed by atoms with van der Waals surface area (Å²) in [6.07, 6.45) is 0. The molecule has 1 aliphatic heterocycles. The SMILES string of the molecule is COc1ccc([C@@H](CNC(=O)c2ccc(Cl)c([N+](=O)[O-])c2)[NH+]2CCOCC2)cc1. The molecule has 2 aromatic carbocycles. The summed E-state index contributed by atoms with van der Waals surface area (Å²) < 4.78 is 10.7. The lowest BCUT2D eigenvalue weighted by molar-refractivity contribution is -0.937. The number of nitro benzene ring substituents is 1. The Labute approximate surface area is 173 Å². The number of halogens is 1. The molecule has 8 nitrogen and oxygen atoms in total. The first kappa shape index (κ1) is 21.0. The van der Waals surface area contributed by atoms with Crippen molar-refractivity contribution in [2.24, 2.45) is 0 Å². The summed E-state index contributed by atoms with van der Waals surface area (Å²) >= 11 is 5.83. The lowest BCUT2D eigenvalue weighted by Gasteiger charge is -2.32. The van der Waals surface area contributed by atoms with E-state index in [9.17, 15) is 14.9 Å². The molecule has 0 aliphatic carbocycles. The number of carbonyl (C=O) groups excluding carboxylic acids is 1. The molecule has 1 atom stereocenters. The smallest absolute Gasteiger partial charge is 0.288 e. The maximum Gasteiger partial charge on any atom is 0.288 e. The van der Waals surface area contributed by atoms with Gasteiger partial charge in [0.05, 0.1) is 31.8 Å². The van der Waals surface area contributed by atoms with Gasteiger partial charge in [-0.15, -0.1) is 0 Å². The van der Waals surface area contributed by atoms with E-state index in [-0.39, 0.29) is 28.2 Å². The van der Waals surface area contributed by atoms with Gasteiger partial charge in [-0.05, 0) is 36.4 Å². The Hall–Kier alpha value is -2.68. The molecule has 3 rings (SSSR count). The molecule has 0 aromatic heterocycles. The van der Waals surface area contributed by atoms with Crippen LogP contribution in [-0.2, 0) is 4.74 Å². The van der Waals surface area contributed by atoms with Gasteiger partial charge < -0.3 is 19.7 Å². The molecule has 1 heterocycles. The molecule has 2 N–H and O–H groups in total. The van der Waals surface area contributed by atoms with E-state index in [4.69, 9.17) is 21.1 Å². The molecule has 154 valence electrons. The van der Waals surface area contributed by atoms with E-state index in [2.05, 4.69) is 5.32 Å². The molecule has 1 fully saturated rings. The van der Waals surface area contributed by atoms with Gasteiger partial charge in [-0.2, -0.15) is 0 Å². The third kappa shape index (κ3) is 5.23. The Morgan fingerprint density at radius 2 is 1.97 bits per heavy atom. The third-order valence-corrected chi connectivity index (χ3v) is 5.34. The van der Waals surface area contributed by atoms with Gasteiger partial charge in [0.2, 0.25) is 0 Å². The molecule has 0 radical (unpaired) electrons. The van der Waals surface area contributed by atoms with Gasteiger partial charge in [0, 0.05) is 17.2 Å². The van der Waals surface area contributed by atoms with Gasteiger partial charge in [0.15, 0.2) is 0 Å². The van der Waals surface area contributed by atoms with Crippen molar-refractivity contribution in [1.29, 1.82) is 0 Å². The number of amides is 1. The molecule has 1 saturated heterocycles. The number of carbonyl (C=O) groups is 1. The number of nitro groups is 1. The van der Waals surface area contributed by atoms with E-state index in [0.717, 1.165) is 24.4 Å². The van der Waals surface area contributed by atoms with Crippen LogP contribution in [0.5, 0.6) is 5.75 Å². The number of ether oxygens (including phenoxy) is 2. The molecular formula is C20H23ClN3O5+. The maximum atomic E-state index is 12.6. The van der Waals surface area contributed by atoms with Gasteiger partial charge >= 0.3 is 0 Å². The average molecular weight is 421 g/mol. The number of morpholine rings is 1. The van der Waals surface area contributed by atoms with Crippen LogP contribution in [0.1, 0.15) is 22.0 Å². The second-order valence-electron chi connectivity index (χ2n) is 6.73. The summed E-state index contributed by atoms with van der Waals surface area (Å²) in [6, 6.07) is 11.8. The first-order valence-corrected chi connectivity index (χ1v) is 9.66. The quantitative estimate of drug-likeness (QED) is 0.524. The first-order chi connectivity index (χ1) is 14.0. The summed E-state index contributed by atoms with van der Waals surface area (Å²) in [5.41, 5.74) is 0.987. The van der Waals surface area contributed by atoms with E-state index >= 15 is 0 Å². The lowest BCUT2D eigenvalue weighted by atomic mass is 10.0. The Bertz CT molecular complexity index is 869. The van der Waals surface area contributed by atoms with Crippen molar-refractivity contribution in [2.45, 2.75) is 6.04 Å². The number of nitrogens with one attached hydrogen (secondary N) is 2. The highest BCUT2D eigenvalue weighted by Gasteiger charge is 2.27. The minimum absolute atomic E-state index is 0.000389. The topological polar surface area (TPSA) is 95.1 Å². The van der Waals surface area contributed by atoms with Crippen molar-refractivity contribution in [2.75, 3.05) is 40.0 Å². The molecule has 29 heavy (non-hydrogen) atoms. The van der Waals surface area contributed by atoms with Crippen LogP contribution in [-0.4, -0.2) is 50.8 Å². The normalized spacial score (nSPS) is 15.5.